The molecule has 116 valence electrons. The molecule has 1 aromatic carbocycles. The molecule has 0 unspecified atom stereocenters. The minimum absolute atomic E-state index is 0.0498. The number of benzene rings is 1. The van der Waals surface area contributed by atoms with Gasteiger partial charge in [0.1, 0.15) is 5.57 Å². The van der Waals surface area contributed by atoms with Crippen LogP contribution >= 0.6 is 11.3 Å². The number of thiophene rings is 1. The molecule has 23 heavy (non-hydrogen) atoms. The summed E-state index contributed by atoms with van der Waals surface area (Å²) < 4.78 is 0. The third-order valence-electron chi connectivity index (χ3n) is 3.40. The number of aryl methyl sites for hydroxylation is 2. The predicted molar refractivity (Wildman–Crippen MR) is 89.2 cm³/mol. The van der Waals surface area contributed by atoms with Crippen LogP contribution in [0.15, 0.2) is 41.3 Å². The van der Waals surface area contributed by atoms with Crippen molar-refractivity contribution in [3.05, 3.63) is 57.3 Å². The van der Waals surface area contributed by atoms with Crippen LogP contribution in [0, 0.1) is 13.8 Å². The summed E-state index contributed by atoms with van der Waals surface area (Å²) >= 11 is 1.41. The Bertz CT molecular complexity index is 817. The number of hydrogen-bond acceptors (Lipinski definition) is 4. The zero-order valence-electron chi connectivity index (χ0n) is 12.6. The third-order valence-corrected chi connectivity index (χ3v) is 4.22. The Balaban J connectivity index is 2.05. The first-order chi connectivity index (χ1) is 11.0. The van der Waals surface area contributed by atoms with E-state index >= 15 is 0 Å². The molecule has 1 fully saturated rings. The molecule has 4 amide bonds. The summed E-state index contributed by atoms with van der Waals surface area (Å²) in [6.45, 7) is 3.77. The minimum atomic E-state index is -0.728. The highest BCUT2D eigenvalue weighted by atomic mass is 32.1. The average molecular weight is 326 g/mol. The van der Waals surface area contributed by atoms with E-state index in [9.17, 15) is 14.4 Å². The van der Waals surface area contributed by atoms with Crippen LogP contribution in [-0.4, -0.2) is 17.8 Å². The Kier molecular flexibility index (Phi) is 3.83. The molecule has 0 spiro atoms. The molecule has 5 nitrogen and oxygen atoms in total. The number of nitrogens with one attached hydrogen (secondary N) is 1. The molecule has 0 atom stereocenters. The van der Waals surface area contributed by atoms with Gasteiger partial charge in [-0.25, -0.2) is 9.69 Å². The van der Waals surface area contributed by atoms with Crippen LogP contribution in [0.2, 0.25) is 0 Å². The fourth-order valence-corrected chi connectivity index (χ4v) is 3.14. The molecule has 0 saturated carbocycles. The first-order valence-corrected chi connectivity index (χ1v) is 7.87. The topological polar surface area (TPSA) is 66.5 Å². The average Bonchev–Trinajstić information content (AvgIpc) is 2.95. The lowest BCUT2D eigenvalue weighted by Crippen LogP contribution is -2.54. The van der Waals surface area contributed by atoms with Gasteiger partial charge < -0.3 is 0 Å². The Morgan fingerprint density at radius 3 is 2.39 bits per heavy atom. The van der Waals surface area contributed by atoms with Crippen molar-refractivity contribution in [1.29, 1.82) is 0 Å². The van der Waals surface area contributed by atoms with E-state index in [0.717, 1.165) is 20.9 Å². The quantitative estimate of drug-likeness (QED) is 0.681. The second kappa shape index (κ2) is 5.81. The lowest BCUT2D eigenvalue weighted by atomic mass is 10.1. The maximum atomic E-state index is 12.7. The summed E-state index contributed by atoms with van der Waals surface area (Å²) in [5, 5.41) is 4.07. The van der Waals surface area contributed by atoms with Gasteiger partial charge in [-0.1, -0.05) is 12.1 Å². The van der Waals surface area contributed by atoms with Crippen LogP contribution < -0.4 is 10.2 Å². The molecule has 0 aliphatic carbocycles. The maximum Gasteiger partial charge on any atom is 0.335 e. The van der Waals surface area contributed by atoms with E-state index in [4.69, 9.17) is 0 Å². The molecule has 1 saturated heterocycles. The molecule has 3 rings (SSSR count). The third kappa shape index (κ3) is 2.93. The first kappa shape index (κ1) is 15.2. The highest BCUT2D eigenvalue weighted by molar-refractivity contribution is 7.10. The van der Waals surface area contributed by atoms with Crippen molar-refractivity contribution in [2.75, 3.05) is 4.90 Å². The Morgan fingerprint density at radius 1 is 1.09 bits per heavy atom. The van der Waals surface area contributed by atoms with Crippen LogP contribution in [0.4, 0.5) is 10.5 Å². The molecule has 2 aromatic rings. The second-order valence-electron chi connectivity index (χ2n) is 5.32. The minimum Gasteiger partial charge on any atom is -0.273 e. The molecule has 1 aromatic heterocycles. The molecular formula is C17H14N2O3S. The van der Waals surface area contributed by atoms with E-state index in [2.05, 4.69) is 5.32 Å². The zero-order valence-corrected chi connectivity index (χ0v) is 13.4. The maximum absolute atomic E-state index is 12.7. The van der Waals surface area contributed by atoms with Gasteiger partial charge in [0.2, 0.25) is 0 Å². The van der Waals surface area contributed by atoms with E-state index in [-0.39, 0.29) is 5.57 Å². The highest BCUT2D eigenvalue weighted by Crippen LogP contribution is 2.24. The van der Waals surface area contributed by atoms with E-state index in [1.54, 1.807) is 18.2 Å². The number of carbonyl (C=O) groups is 3. The Morgan fingerprint density at radius 2 is 1.78 bits per heavy atom. The molecular weight excluding hydrogens is 312 g/mol. The first-order valence-electron chi connectivity index (χ1n) is 6.99. The summed E-state index contributed by atoms with van der Waals surface area (Å²) in [6.07, 6.45) is 1.50. The van der Waals surface area contributed by atoms with Gasteiger partial charge in [-0.2, -0.15) is 0 Å². The summed E-state index contributed by atoms with van der Waals surface area (Å²) in [5.41, 5.74) is 2.27. The van der Waals surface area contributed by atoms with E-state index in [1.165, 1.54) is 17.4 Å². The lowest BCUT2D eigenvalue weighted by Gasteiger charge is -2.26. The number of imide groups is 2. The van der Waals surface area contributed by atoms with Gasteiger partial charge in [0.05, 0.1) is 5.69 Å². The van der Waals surface area contributed by atoms with Gasteiger partial charge >= 0.3 is 6.03 Å². The number of carbonyl (C=O) groups excluding carboxylic acids is 3. The van der Waals surface area contributed by atoms with Crippen molar-refractivity contribution in [3.63, 3.8) is 0 Å². The normalized spacial score (nSPS) is 16.9. The largest absolute Gasteiger partial charge is 0.335 e. The fourth-order valence-electron chi connectivity index (χ4n) is 2.49. The molecule has 2 heterocycles. The number of barbiturate groups is 1. The fraction of sp³-hybridized carbons (Fsp3) is 0.118. The van der Waals surface area contributed by atoms with Crippen LogP contribution in [0.3, 0.4) is 0 Å². The van der Waals surface area contributed by atoms with E-state index in [0.29, 0.717) is 5.69 Å². The number of hydrogen-bond donors (Lipinski definition) is 1. The Hall–Kier alpha value is -2.73. The SMILES string of the molecule is Cc1cc(C)cc(N2C(=O)NC(=O)C(=Cc3cccs3)C2=O)c1. The van der Waals surface area contributed by atoms with Crippen molar-refractivity contribution in [3.8, 4) is 0 Å². The van der Waals surface area contributed by atoms with Crippen molar-refractivity contribution < 1.29 is 14.4 Å². The van der Waals surface area contributed by atoms with Crippen molar-refractivity contribution in [1.82, 2.24) is 5.32 Å². The van der Waals surface area contributed by atoms with Gasteiger partial charge in [-0.3, -0.25) is 14.9 Å². The molecule has 1 aliphatic rings. The van der Waals surface area contributed by atoms with Crippen LogP contribution in [-0.2, 0) is 9.59 Å². The number of anilines is 1. The predicted octanol–water partition coefficient (Wildman–Crippen LogP) is 3.03. The molecule has 1 aliphatic heterocycles. The standard InChI is InChI=1S/C17H14N2O3S/c1-10-6-11(2)8-12(7-10)19-16(21)14(15(20)18-17(19)22)9-13-4-3-5-23-13/h3-9H,1-2H3,(H,18,20,22). The summed E-state index contributed by atoms with van der Waals surface area (Å²) in [6, 6.07) is 8.33. The van der Waals surface area contributed by atoms with E-state index < -0.39 is 17.8 Å². The van der Waals surface area contributed by atoms with Gasteiger partial charge in [0, 0.05) is 4.88 Å². The number of urea groups is 1. The summed E-state index contributed by atoms with van der Waals surface area (Å²) in [7, 11) is 0. The monoisotopic (exact) mass is 326 g/mol. The molecule has 0 bridgehead atoms. The van der Waals surface area contributed by atoms with Crippen LogP contribution in [0.1, 0.15) is 16.0 Å². The van der Waals surface area contributed by atoms with E-state index in [1.807, 2.05) is 31.4 Å². The van der Waals surface area contributed by atoms with Crippen molar-refractivity contribution >= 4 is 40.9 Å². The lowest BCUT2D eigenvalue weighted by molar-refractivity contribution is -0.122. The summed E-state index contributed by atoms with van der Waals surface area (Å²) in [4.78, 5) is 38.6. The van der Waals surface area contributed by atoms with Crippen molar-refractivity contribution in [2.24, 2.45) is 0 Å². The Labute approximate surface area is 137 Å². The number of amides is 4. The molecule has 6 heteroatoms. The smallest absolute Gasteiger partial charge is 0.273 e. The second-order valence-corrected chi connectivity index (χ2v) is 6.30. The number of rotatable bonds is 2. The van der Waals surface area contributed by atoms with Crippen molar-refractivity contribution in [2.45, 2.75) is 13.8 Å². The summed E-state index contributed by atoms with van der Waals surface area (Å²) in [5.74, 6) is -1.29. The molecule has 1 N–H and O–H groups in total. The van der Waals surface area contributed by atoms with Gasteiger partial charge in [-0.05, 0) is 54.6 Å². The van der Waals surface area contributed by atoms with Gasteiger partial charge in [0.15, 0.2) is 0 Å². The highest BCUT2D eigenvalue weighted by Gasteiger charge is 2.36. The zero-order chi connectivity index (χ0) is 16.6. The van der Waals surface area contributed by atoms with Gasteiger partial charge in [-0.15, -0.1) is 11.3 Å². The van der Waals surface area contributed by atoms with Crippen LogP contribution in [0.5, 0.6) is 0 Å². The molecule has 0 radical (unpaired) electrons. The van der Waals surface area contributed by atoms with Crippen LogP contribution in [0.25, 0.3) is 6.08 Å². The number of nitrogens with zero attached hydrogens (tertiary/aromatic N) is 1. The van der Waals surface area contributed by atoms with Gasteiger partial charge in [0.25, 0.3) is 11.8 Å².